The van der Waals surface area contributed by atoms with Gasteiger partial charge in [0.1, 0.15) is 11.9 Å². The number of benzene rings is 4. The summed E-state index contributed by atoms with van der Waals surface area (Å²) in [5.41, 5.74) is 7.28. The molecule has 4 aromatic carbocycles. The van der Waals surface area contributed by atoms with E-state index in [-0.39, 0.29) is 24.2 Å². The maximum atomic E-state index is 13.9. The van der Waals surface area contributed by atoms with Gasteiger partial charge in [-0.3, -0.25) is 9.59 Å². The van der Waals surface area contributed by atoms with Gasteiger partial charge >= 0.3 is 0 Å². The van der Waals surface area contributed by atoms with Crippen LogP contribution in [0.5, 0.6) is 0 Å². The summed E-state index contributed by atoms with van der Waals surface area (Å²) < 4.78 is 13.3. The van der Waals surface area contributed by atoms with E-state index in [2.05, 4.69) is 47.6 Å². The van der Waals surface area contributed by atoms with Gasteiger partial charge in [0, 0.05) is 28.6 Å². The van der Waals surface area contributed by atoms with Crippen LogP contribution in [0.15, 0.2) is 97.1 Å². The summed E-state index contributed by atoms with van der Waals surface area (Å²) in [5, 5.41) is 3.94. The largest absolute Gasteiger partial charge is 0.354 e. The molecule has 39 heavy (non-hydrogen) atoms. The first-order valence-corrected chi connectivity index (χ1v) is 13.0. The number of carbonyl (C=O) groups excluding carboxylic acids is 2. The molecule has 5 aromatic rings. The lowest BCUT2D eigenvalue weighted by Gasteiger charge is -2.31. The molecule has 0 bridgehead atoms. The minimum atomic E-state index is -0.755. The zero-order chi connectivity index (χ0) is 27.1. The van der Waals surface area contributed by atoms with E-state index in [1.54, 1.807) is 24.0 Å². The molecule has 1 aliphatic heterocycles. The summed E-state index contributed by atoms with van der Waals surface area (Å²) in [6.07, 6.45) is 0. The third-order valence-electron chi connectivity index (χ3n) is 7.54. The van der Waals surface area contributed by atoms with Crippen molar-refractivity contribution < 1.29 is 14.0 Å². The summed E-state index contributed by atoms with van der Waals surface area (Å²) in [7, 11) is 0. The third kappa shape index (κ3) is 4.38. The second kappa shape index (κ2) is 9.87. The number of rotatable bonds is 6. The Morgan fingerprint density at radius 1 is 0.949 bits per heavy atom. The number of H-pyrrole nitrogens is 1. The number of halogens is 1. The van der Waals surface area contributed by atoms with Gasteiger partial charge in [-0.05, 0) is 54.8 Å². The van der Waals surface area contributed by atoms with Crippen LogP contribution in [0.3, 0.4) is 0 Å². The number of para-hydroxylation sites is 1. The van der Waals surface area contributed by atoms with Crippen molar-refractivity contribution in [3.05, 3.63) is 131 Å². The van der Waals surface area contributed by atoms with Gasteiger partial charge in [0.25, 0.3) is 5.91 Å². The van der Waals surface area contributed by atoms with Crippen molar-refractivity contribution in [2.24, 2.45) is 0 Å². The molecule has 0 aliphatic carbocycles. The first-order valence-electron chi connectivity index (χ1n) is 13.0. The van der Waals surface area contributed by atoms with Crippen molar-refractivity contribution in [1.29, 1.82) is 0 Å². The van der Waals surface area contributed by atoms with E-state index in [0.717, 1.165) is 44.4 Å². The standard InChI is InChI=1S/C33H28FN3O2/c1-20-11-15-23(16-12-20)30-29(27-9-5-6-10-28(27)36-30)31-25-7-3-4-8-26(25)33(39)37(31)21(2)32(38)35-19-22-13-17-24(34)18-14-22/h3-18,21,31,36H,19H2,1-2H3,(H,35,38)/t21-,31-/m0/s1. The molecule has 2 heterocycles. The lowest BCUT2D eigenvalue weighted by Crippen LogP contribution is -2.46. The van der Waals surface area contributed by atoms with E-state index in [4.69, 9.17) is 0 Å². The van der Waals surface area contributed by atoms with Gasteiger partial charge in [-0.15, -0.1) is 0 Å². The first kappa shape index (κ1) is 24.6. The van der Waals surface area contributed by atoms with Gasteiger partial charge < -0.3 is 15.2 Å². The highest BCUT2D eigenvalue weighted by Crippen LogP contribution is 2.46. The number of nitrogens with zero attached hydrogens (tertiary/aromatic N) is 1. The molecule has 0 saturated heterocycles. The summed E-state index contributed by atoms with van der Waals surface area (Å²) >= 11 is 0. The number of aromatic nitrogens is 1. The molecule has 0 unspecified atom stereocenters. The fraction of sp³-hybridized carbons (Fsp3) is 0.152. The maximum absolute atomic E-state index is 13.9. The van der Waals surface area contributed by atoms with Crippen LogP contribution in [-0.4, -0.2) is 27.7 Å². The minimum absolute atomic E-state index is 0.180. The first-order chi connectivity index (χ1) is 18.9. The molecule has 194 valence electrons. The number of hydrogen-bond donors (Lipinski definition) is 2. The van der Waals surface area contributed by atoms with Gasteiger partial charge in [-0.25, -0.2) is 4.39 Å². The monoisotopic (exact) mass is 517 g/mol. The molecule has 0 spiro atoms. The van der Waals surface area contributed by atoms with Gasteiger partial charge in [0.05, 0.1) is 11.7 Å². The van der Waals surface area contributed by atoms with Gasteiger partial charge in [0.15, 0.2) is 0 Å². The van der Waals surface area contributed by atoms with E-state index in [1.807, 2.05) is 42.5 Å². The van der Waals surface area contributed by atoms with Crippen molar-refractivity contribution in [3.63, 3.8) is 0 Å². The van der Waals surface area contributed by atoms with E-state index in [1.165, 1.54) is 12.1 Å². The highest BCUT2D eigenvalue weighted by atomic mass is 19.1. The Kier molecular flexibility index (Phi) is 6.23. The number of aromatic amines is 1. The average Bonchev–Trinajstić information content (AvgIpc) is 3.47. The highest BCUT2D eigenvalue weighted by Gasteiger charge is 2.44. The molecule has 0 saturated carbocycles. The van der Waals surface area contributed by atoms with Crippen LogP contribution in [0.2, 0.25) is 0 Å². The Morgan fingerprint density at radius 2 is 1.64 bits per heavy atom. The molecule has 6 heteroatoms. The molecule has 1 aliphatic rings. The Labute approximate surface area is 226 Å². The SMILES string of the molecule is Cc1ccc(-c2[nH]c3ccccc3c2[C@@H]2c3ccccc3C(=O)N2[C@@H](C)C(=O)NCc2ccc(F)cc2)cc1. The number of aryl methyl sites for hydroxylation is 1. The Hall–Kier alpha value is -4.71. The zero-order valence-electron chi connectivity index (χ0n) is 21.7. The maximum Gasteiger partial charge on any atom is 0.255 e. The predicted octanol–water partition coefficient (Wildman–Crippen LogP) is 6.53. The summed E-state index contributed by atoms with van der Waals surface area (Å²) in [5.74, 6) is -0.785. The molecular weight excluding hydrogens is 489 g/mol. The van der Waals surface area contributed by atoms with Crippen LogP contribution in [-0.2, 0) is 11.3 Å². The molecule has 1 aromatic heterocycles. The van der Waals surface area contributed by atoms with E-state index < -0.39 is 12.1 Å². The van der Waals surface area contributed by atoms with Crippen molar-refractivity contribution in [2.75, 3.05) is 0 Å². The van der Waals surface area contributed by atoms with Gasteiger partial charge in [-0.1, -0.05) is 78.4 Å². The lowest BCUT2D eigenvalue weighted by atomic mass is 9.92. The molecule has 2 atom stereocenters. The van der Waals surface area contributed by atoms with Crippen LogP contribution >= 0.6 is 0 Å². The van der Waals surface area contributed by atoms with Crippen LogP contribution in [0.25, 0.3) is 22.2 Å². The molecule has 0 fully saturated rings. The van der Waals surface area contributed by atoms with Gasteiger partial charge in [0.2, 0.25) is 5.91 Å². The topological polar surface area (TPSA) is 65.2 Å². The van der Waals surface area contributed by atoms with E-state index >= 15 is 0 Å². The zero-order valence-corrected chi connectivity index (χ0v) is 21.7. The van der Waals surface area contributed by atoms with Crippen molar-refractivity contribution in [2.45, 2.75) is 32.5 Å². The quantitative estimate of drug-likeness (QED) is 0.269. The normalized spacial score (nSPS) is 15.4. The highest BCUT2D eigenvalue weighted by molar-refractivity contribution is 6.04. The van der Waals surface area contributed by atoms with E-state index in [9.17, 15) is 14.0 Å². The molecule has 5 nitrogen and oxygen atoms in total. The fourth-order valence-electron chi connectivity index (χ4n) is 5.49. The Balaban J connectivity index is 1.44. The number of fused-ring (bicyclic) bond motifs is 2. The molecular formula is C33H28FN3O2. The molecule has 6 rings (SSSR count). The fourth-order valence-corrected chi connectivity index (χ4v) is 5.49. The second-order valence-corrected chi connectivity index (χ2v) is 10.0. The van der Waals surface area contributed by atoms with Crippen LogP contribution < -0.4 is 5.32 Å². The van der Waals surface area contributed by atoms with Gasteiger partial charge in [-0.2, -0.15) is 0 Å². The summed E-state index contributed by atoms with van der Waals surface area (Å²) in [4.78, 5) is 32.6. The van der Waals surface area contributed by atoms with Crippen LogP contribution in [0.1, 0.15) is 45.6 Å². The third-order valence-corrected chi connectivity index (χ3v) is 7.54. The second-order valence-electron chi connectivity index (χ2n) is 10.0. The average molecular weight is 518 g/mol. The number of nitrogens with one attached hydrogen (secondary N) is 2. The Morgan fingerprint density at radius 3 is 2.41 bits per heavy atom. The van der Waals surface area contributed by atoms with E-state index in [0.29, 0.717) is 5.56 Å². The molecule has 2 amide bonds. The summed E-state index contributed by atoms with van der Waals surface area (Å²) in [6.45, 7) is 4.05. The number of carbonyl (C=O) groups is 2. The van der Waals surface area contributed by atoms with Crippen LogP contribution in [0.4, 0.5) is 4.39 Å². The van der Waals surface area contributed by atoms with Crippen molar-refractivity contribution >= 4 is 22.7 Å². The lowest BCUT2D eigenvalue weighted by molar-refractivity contribution is -0.125. The van der Waals surface area contributed by atoms with Crippen LogP contribution in [0, 0.1) is 12.7 Å². The molecule has 2 N–H and O–H groups in total. The van der Waals surface area contributed by atoms with Crippen molar-refractivity contribution in [3.8, 4) is 11.3 Å². The minimum Gasteiger partial charge on any atom is -0.354 e. The smallest absolute Gasteiger partial charge is 0.255 e. The molecule has 0 radical (unpaired) electrons. The summed E-state index contributed by atoms with van der Waals surface area (Å²) in [6, 6.07) is 28.7. The number of hydrogen-bond acceptors (Lipinski definition) is 2. The predicted molar refractivity (Wildman–Crippen MR) is 151 cm³/mol. The Bertz CT molecular complexity index is 1690. The van der Waals surface area contributed by atoms with Crippen molar-refractivity contribution in [1.82, 2.24) is 15.2 Å². The number of amides is 2.